The van der Waals surface area contributed by atoms with Gasteiger partial charge in [0.25, 0.3) is 11.7 Å². The summed E-state index contributed by atoms with van der Waals surface area (Å²) in [4.78, 5) is 37.2. The molecule has 0 saturated heterocycles. The van der Waals surface area contributed by atoms with Crippen LogP contribution in [-0.4, -0.2) is 31.1 Å². The van der Waals surface area contributed by atoms with Gasteiger partial charge >= 0.3 is 0 Å². The first-order valence-corrected chi connectivity index (χ1v) is 6.22. The van der Waals surface area contributed by atoms with E-state index in [0.717, 1.165) is 4.90 Å². The molecule has 1 amide bonds. The van der Waals surface area contributed by atoms with Crippen LogP contribution >= 0.6 is 0 Å². The van der Waals surface area contributed by atoms with Gasteiger partial charge in [0.1, 0.15) is 5.75 Å². The SMILES string of the molecule is COc1ccc2c(c1)C(=O)C(=O)N2CC(=O)c1ccco1. The van der Waals surface area contributed by atoms with Crippen LogP contribution in [0, 0.1) is 0 Å². The summed E-state index contributed by atoms with van der Waals surface area (Å²) in [7, 11) is 1.47. The molecule has 0 N–H and O–H groups in total. The zero-order chi connectivity index (χ0) is 15.0. The molecule has 1 aromatic carbocycles. The Morgan fingerprint density at radius 1 is 1.29 bits per heavy atom. The van der Waals surface area contributed by atoms with E-state index in [2.05, 4.69) is 0 Å². The number of anilines is 1. The van der Waals surface area contributed by atoms with Crippen LogP contribution in [0.25, 0.3) is 0 Å². The van der Waals surface area contributed by atoms with Gasteiger partial charge < -0.3 is 9.15 Å². The van der Waals surface area contributed by atoms with Crippen LogP contribution in [0.1, 0.15) is 20.9 Å². The second-order valence-electron chi connectivity index (χ2n) is 4.50. The van der Waals surface area contributed by atoms with E-state index < -0.39 is 11.7 Å². The fraction of sp³-hybridized carbons (Fsp3) is 0.133. The summed E-state index contributed by atoms with van der Waals surface area (Å²) in [6.07, 6.45) is 1.38. The Morgan fingerprint density at radius 3 is 2.76 bits per heavy atom. The Hall–Kier alpha value is -2.89. The van der Waals surface area contributed by atoms with Crippen molar-refractivity contribution in [1.82, 2.24) is 0 Å². The second kappa shape index (κ2) is 4.90. The van der Waals surface area contributed by atoms with Gasteiger partial charge in [0.2, 0.25) is 5.78 Å². The van der Waals surface area contributed by atoms with E-state index in [9.17, 15) is 14.4 Å². The number of benzene rings is 1. The average molecular weight is 285 g/mol. The first-order chi connectivity index (χ1) is 10.1. The molecule has 0 radical (unpaired) electrons. The van der Waals surface area contributed by atoms with Crippen molar-refractivity contribution >= 4 is 23.2 Å². The van der Waals surface area contributed by atoms with Crippen molar-refractivity contribution in [2.24, 2.45) is 0 Å². The van der Waals surface area contributed by atoms with Crippen molar-refractivity contribution in [3.05, 3.63) is 47.9 Å². The number of ketones is 2. The summed E-state index contributed by atoms with van der Waals surface area (Å²) in [5.74, 6) is -1.11. The molecule has 0 saturated carbocycles. The highest BCUT2D eigenvalue weighted by atomic mass is 16.5. The molecule has 6 heteroatoms. The fourth-order valence-corrected chi connectivity index (χ4v) is 2.22. The molecular formula is C15H11NO5. The van der Waals surface area contributed by atoms with Crippen molar-refractivity contribution in [2.75, 3.05) is 18.6 Å². The van der Waals surface area contributed by atoms with Gasteiger partial charge in [-0.05, 0) is 30.3 Å². The third-order valence-electron chi connectivity index (χ3n) is 3.28. The van der Waals surface area contributed by atoms with Crippen molar-refractivity contribution in [1.29, 1.82) is 0 Å². The Balaban J connectivity index is 1.93. The number of rotatable bonds is 4. The molecule has 2 heterocycles. The lowest BCUT2D eigenvalue weighted by Gasteiger charge is -2.14. The maximum Gasteiger partial charge on any atom is 0.299 e. The maximum absolute atomic E-state index is 12.0. The summed E-state index contributed by atoms with van der Waals surface area (Å²) in [5, 5.41) is 0. The first-order valence-electron chi connectivity index (χ1n) is 6.22. The van der Waals surface area contributed by atoms with Crippen LogP contribution in [-0.2, 0) is 4.79 Å². The fourth-order valence-electron chi connectivity index (χ4n) is 2.22. The highest BCUT2D eigenvalue weighted by Crippen LogP contribution is 2.32. The van der Waals surface area contributed by atoms with Crippen LogP contribution in [0.2, 0.25) is 0 Å². The zero-order valence-corrected chi connectivity index (χ0v) is 11.2. The minimum absolute atomic E-state index is 0.150. The lowest BCUT2D eigenvalue weighted by molar-refractivity contribution is -0.114. The number of ether oxygens (including phenoxy) is 1. The molecule has 0 spiro atoms. The Kier molecular flexibility index (Phi) is 3.06. The third kappa shape index (κ3) is 2.10. The highest BCUT2D eigenvalue weighted by molar-refractivity contribution is 6.52. The molecule has 1 aliphatic rings. The van der Waals surface area contributed by atoms with E-state index in [-0.39, 0.29) is 23.7 Å². The summed E-state index contributed by atoms with van der Waals surface area (Å²) < 4.78 is 10.0. The van der Waals surface area contributed by atoms with Gasteiger partial charge in [0.05, 0.1) is 31.2 Å². The minimum Gasteiger partial charge on any atom is -0.497 e. The number of carbonyl (C=O) groups is 3. The van der Waals surface area contributed by atoms with Crippen LogP contribution in [0.4, 0.5) is 5.69 Å². The number of carbonyl (C=O) groups excluding carboxylic acids is 3. The van der Waals surface area contributed by atoms with Gasteiger partial charge in [0.15, 0.2) is 5.76 Å². The van der Waals surface area contributed by atoms with E-state index in [1.807, 2.05) is 0 Å². The van der Waals surface area contributed by atoms with Gasteiger partial charge in [0, 0.05) is 0 Å². The smallest absolute Gasteiger partial charge is 0.299 e. The Bertz CT molecular complexity index is 733. The normalized spacial score (nSPS) is 13.5. The number of hydrogen-bond donors (Lipinski definition) is 0. The molecule has 0 fully saturated rings. The van der Waals surface area contributed by atoms with Crippen molar-refractivity contribution < 1.29 is 23.5 Å². The van der Waals surface area contributed by atoms with Crippen LogP contribution < -0.4 is 9.64 Å². The minimum atomic E-state index is -0.724. The first kappa shape index (κ1) is 13.1. The highest BCUT2D eigenvalue weighted by Gasteiger charge is 2.37. The number of Topliss-reactive ketones (excluding diaryl/α,β-unsaturated/α-hetero) is 2. The number of hydrogen-bond acceptors (Lipinski definition) is 5. The van der Waals surface area contributed by atoms with E-state index >= 15 is 0 Å². The molecule has 2 aromatic rings. The van der Waals surface area contributed by atoms with Crippen molar-refractivity contribution in [3.63, 3.8) is 0 Å². The second-order valence-corrected chi connectivity index (χ2v) is 4.50. The number of fused-ring (bicyclic) bond motifs is 1. The molecule has 0 atom stereocenters. The lowest BCUT2D eigenvalue weighted by Crippen LogP contribution is -2.34. The number of furan rings is 1. The molecular weight excluding hydrogens is 274 g/mol. The topological polar surface area (TPSA) is 76.8 Å². The van der Waals surface area contributed by atoms with Gasteiger partial charge in [-0.2, -0.15) is 0 Å². The number of methoxy groups -OCH3 is 1. The number of amides is 1. The molecule has 0 aliphatic carbocycles. The Morgan fingerprint density at radius 2 is 2.10 bits per heavy atom. The summed E-state index contributed by atoms with van der Waals surface area (Å²) in [6.45, 7) is -0.239. The molecule has 0 bridgehead atoms. The molecule has 1 aromatic heterocycles. The summed E-state index contributed by atoms with van der Waals surface area (Å²) in [6, 6.07) is 7.82. The third-order valence-corrected chi connectivity index (χ3v) is 3.28. The quantitative estimate of drug-likeness (QED) is 0.631. The van der Waals surface area contributed by atoms with Crippen LogP contribution in [0.5, 0.6) is 5.75 Å². The predicted molar refractivity (Wildman–Crippen MR) is 72.7 cm³/mol. The maximum atomic E-state index is 12.0. The molecule has 6 nitrogen and oxygen atoms in total. The Labute approximate surface area is 119 Å². The van der Waals surface area contributed by atoms with Gasteiger partial charge in [-0.3, -0.25) is 19.3 Å². The molecule has 1 aliphatic heterocycles. The molecule has 21 heavy (non-hydrogen) atoms. The van der Waals surface area contributed by atoms with Gasteiger partial charge in [-0.15, -0.1) is 0 Å². The van der Waals surface area contributed by atoms with Crippen LogP contribution in [0.15, 0.2) is 41.0 Å². The van der Waals surface area contributed by atoms with E-state index in [1.165, 1.54) is 25.5 Å². The van der Waals surface area contributed by atoms with Gasteiger partial charge in [-0.25, -0.2) is 0 Å². The molecule has 0 unspecified atom stereocenters. The average Bonchev–Trinajstić information content (AvgIpc) is 3.11. The predicted octanol–water partition coefficient (Wildman–Crippen LogP) is 1.70. The van der Waals surface area contributed by atoms with E-state index in [1.54, 1.807) is 18.2 Å². The molecule has 106 valence electrons. The van der Waals surface area contributed by atoms with Gasteiger partial charge in [-0.1, -0.05) is 0 Å². The van der Waals surface area contributed by atoms with Crippen molar-refractivity contribution in [2.45, 2.75) is 0 Å². The number of nitrogens with zero attached hydrogens (tertiary/aromatic N) is 1. The standard InChI is InChI=1S/C15H11NO5/c1-20-9-4-5-11-10(7-9)14(18)15(19)16(11)8-12(17)13-3-2-6-21-13/h2-7H,8H2,1H3. The zero-order valence-electron chi connectivity index (χ0n) is 11.2. The van der Waals surface area contributed by atoms with E-state index in [4.69, 9.17) is 9.15 Å². The van der Waals surface area contributed by atoms with Crippen LogP contribution in [0.3, 0.4) is 0 Å². The summed E-state index contributed by atoms with van der Waals surface area (Å²) >= 11 is 0. The molecule has 3 rings (SSSR count). The summed E-state index contributed by atoms with van der Waals surface area (Å²) in [5.41, 5.74) is 0.650. The lowest BCUT2D eigenvalue weighted by atomic mass is 10.1. The van der Waals surface area contributed by atoms with E-state index in [0.29, 0.717) is 11.4 Å². The monoisotopic (exact) mass is 285 g/mol. The van der Waals surface area contributed by atoms with Crippen molar-refractivity contribution in [3.8, 4) is 5.75 Å². The largest absolute Gasteiger partial charge is 0.497 e.